The molecule has 1 heterocycles. The first kappa shape index (κ1) is 14.0. The summed E-state index contributed by atoms with van der Waals surface area (Å²) in [5.74, 6) is -1.29. The van der Waals surface area contributed by atoms with E-state index < -0.39 is 23.7 Å². The van der Waals surface area contributed by atoms with E-state index in [0.717, 1.165) is 6.29 Å². The van der Waals surface area contributed by atoms with E-state index in [9.17, 15) is 19.8 Å². The standard InChI is InChI=1S/C15H22O5/c1-7-11-9(17)5-15(2)10(18)4-3-8(6-16)12(15)13(11)20-14(7)19/h6-13,17-18H,3-5H2,1-2H3. The minimum Gasteiger partial charge on any atom is -0.461 e. The average molecular weight is 282 g/mol. The zero-order valence-electron chi connectivity index (χ0n) is 11.9. The summed E-state index contributed by atoms with van der Waals surface area (Å²) in [6.45, 7) is 3.68. The van der Waals surface area contributed by atoms with Gasteiger partial charge in [0.25, 0.3) is 0 Å². The number of hydrogen-bond acceptors (Lipinski definition) is 5. The maximum absolute atomic E-state index is 11.9. The van der Waals surface area contributed by atoms with Crippen molar-refractivity contribution >= 4 is 12.3 Å². The van der Waals surface area contributed by atoms with Gasteiger partial charge >= 0.3 is 5.97 Å². The van der Waals surface area contributed by atoms with Gasteiger partial charge in [-0.2, -0.15) is 0 Å². The molecular formula is C15H22O5. The summed E-state index contributed by atoms with van der Waals surface area (Å²) in [5, 5.41) is 20.8. The molecule has 2 aliphatic carbocycles. The van der Waals surface area contributed by atoms with Crippen LogP contribution in [0.3, 0.4) is 0 Å². The molecule has 3 aliphatic rings. The average Bonchev–Trinajstić information content (AvgIpc) is 2.68. The minimum atomic E-state index is -0.664. The maximum Gasteiger partial charge on any atom is 0.309 e. The number of esters is 1. The van der Waals surface area contributed by atoms with Crippen molar-refractivity contribution in [1.29, 1.82) is 0 Å². The molecule has 2 N–H and O–H groups in total. The number of carbonyl (C=O) groups is 2. The molecular weight excluding hydrogens is 260 g/mol. The second-order valence-corrected chi connectivity index (χ2v) is 6.96. The first-order chi connectivity index (χ1) is 9.40. The lowest BCUT2D eigenvalue weighted by molar-refractivity contribution is -0.186. The highest BCUT2D eigenvalue weighted by Crippen LogP contribution is 2.57. The zero-order valence-corrected chi connectivity index (χ0v) is 11.9. The summed E-state index contributed by atoms with van der Waals surface area (Å²) in [6, 6.07) is 0. The lowest BCUT2D eigenvalue weighted by Crippen LogP contribution is -2.60. The Morgan fingerprint density at radius 3 is 2.70 bits per heavy atom. The van der Waals surface area contributed by atoms with Crippen LogP contribution < -0.4 is 0 Å². The van der Waals surface area contributed by atoms with Crippen molar-refractivity contribution in [3.63, 3.8) is 0 Å². The third kappa shape index (κ3) is 1.69. The van der Waals surface area contributed by atoms with Crippen LogP contribution in [0.15, 0.2) is 0 Å². The van der Waals surface area contributed by atoms with E-state index in [-0.39, 0.29) is 29.6 Å². The lowest BCUT2D eigenvalue weighted by atomic mass is 9.51. The van der Waals surface area contributed by atoms with Crippen molar-refractivity contribution < 1.29 is 24.5 Å². The van der Waals surface area contributed by atoms with Gasteiger partial charge in [0.2, 0.25) is 0 Å². The van der Waals surface area contributed by atoms with E-state index in [1.54, 1.807) is 6.92 Å². The molecule has 0 aromatic rings. The Morgan fingerprint density at radius 2 is 2.05 bits per heavy atom. The van der Waals surface area contributed by atoms with Crippen molar-refractivity contribution in [3.8, 4) is 0 Å². The van der Waals surface area contributed by atoms with Gasteiger partial charge in [0.15, 0.2) is 0 Å². The van der Waals surface area contributed by atoms with Crippen LogP contribution in [0.5, 0.6) is 0 Å². The summed E-state index contributed by atoms with van der Waals surface area (Å²) in [4.78, 5) is 23.3. The predicted molar refractivity (Wildman–Crippen MR) is 69.5 cm³/mol. The Labute approximate surface area is 118 Å². The summed E-state index contributed by atoms with van der Waals surface area (Å²) in [7, 11) is 0. The molecule has 0 bridgehead atoms. The SMILES string of the molecule is CC1C(=O)OC2C1C(O)CC1(C)C(O)CCC(C=O)C21. The van der Waals surface area contributed by atoms with Crippen LogP contribution in [-0.4, -0.2) is 40.8 Å². The van der Waals surface area contributed by atoms with Crippen LogP contribution in [0.4, 0.5) is 0 Å². The monoisotopic (exact) mass is 282 g/mol. The molecule has 8 atom stereocenters. The molecule has 20 heavy (non-hydrogen) atoms. The van der Waals surface area contributed by atoms with Crippen molar-refractivity contribution in [2.75, 3.05) is 0 Å². The fourth-order valence-electron chi connectivity index (χ4n) is 4.83. The molecule has 0 radical (unpaired) electrons. The van der Waals surface area contributed by atoms with Crippen LogP contribution in [-0.2, 0) is 14.3 Å². The van der Waals surface area contributed by atoms with Gasteiger partial charge in [-0.25, -0.2) is 0 Å². The molecule has 5 nitrogen and oxygen atoms in total. The number of aldehydes is 1. The van der Waals surface area contributed by atoms with E-state index in [0.29, 0.717) is 19.3 Å². The van der Waals surface area contributed by atoms with Gasteiger partial charge in [-0.15, -0.1) is 0 Å². The van der Waals surface area contributed by atoms with Gasteiger partial charge in [0.1, 0.15) is 12.4 Å². The van der Waals surface area contributed by atoms with Gasteiger partial charge in [0.05, 0.1) is 18.1 Å². The summed E-state index contributed by atoms with van der Waals surface area (Å²) >= 11 is 0. The first-order valence-electron chi connectivity index (χ1n) is 7.42. The van der Waals surface area contributed by atoms with E-state index in [1.165, 1.54) is 0 Å². The van der Waals surface area contributed by atoms with E-state index >= 15 is 0 Å². The smallest absolute Gasteiger partial charge is 0.309 e. The van der Waals surface area contributed by atoms with Gasteiger partial charge in [-0.05, 0) is 19.3 Å². The van der Waals surface area contributed by atoms with E-state index in [1.807, 2.05) is 6.92 Å². The fraction of sp³-hybridized carbons (Fsp3) is 0.867. The first-order valence-corrected chi connectivity index (χ1v) is 7.42. The summed E-state index contributed by atoms with van der Waals surface area (Å²) in [6.07, 6.45) is 0.861. The number of aliphatic hydroxyl groups is 2. The van der Waals surface area contributed by atoms with E-state index in [2.05, 4.69) is 0 Å². The number of aliphatic hydroxyl groups excluding tert-OH is 2. The third-order valence-corrected chi connectivity index (χ3v) is 5.96. The van der Waals surface area contributed by atoms with Crippen molar-refractivity contribution in [2.45, 2.75) is 51.4 Å². The molecule has 1 aliphatic heterocycles. The molecule has 0 aromatic carbocycles. The molecule has 3 fully saturated rings. The molecule has 0 spiro atoms. The van der Waals surface area contributed by atoms with Crippen LogP contribution >= 0.6 is 0 Å². The topological polar surface area (TPSA) is 83.8 Å². The maximum atomic E-state index is 11.9. The molecule has 0 amide bonds. The Balaban J connectivity index is 2.02. The highest BCUT2D eigenvalue weighted by molar-refractivity contribution is 5.75. The van der Waals surface area contributed by atoms with Gasteiger partial charge in [-0.3, -0.25) is 4.79 Å². The molecule has 5 heteroatoms. The van der Waals surface area contributed by atoms with Crippen LogP contribution in [0.1, 0.15) is 33.1 Å². The van der Waals surface area contributed by atoms with Gasteiger partial charge < -0.3 is 19.7 Å². The molecule has 3 rings (SSSR count). The largest absolute Gasteiger partial charge is 0.461 e. The second-order valence-electron chi connectivity index (χ2n) is 6.96. The number of hydrogen-bond donors (Lipinski definition) is 2. The van der Waals surface area contributed by atoms with Crippen molar-refractivity contribution in [2.24, 2.45) is 29.1 Å². The molecule has 0 aromatic heterocycles. The highest BCUT2D eigenvalue weighted by atomic mass is 16.6. The Hall–Kier alpha value is -0.940. The van der Waals surface area contributed by atoms with Crippen molar-refractivity contribution in [3.05, 3.63) is 0 Å². The second kappa shape index (κ2) is 4.53. The third-order valence-electron chi connectivity index (χ3n) is 5.96. The van der Waals surface area contributed by atoms with Crippen LogP contribution in [0.25, 0.3) is 0 Å². The molecule has 2 saturated carbocycles. The Kier molecular flexibility index (Phi) is 3.18. The number of ether oxygens (including phenoxy) is 1. The van der Waals surface area contributed by atoms with Gasteiger partial charge in [0, 0.05) is 23.2 Å². The number of rotatable bonds is 1. The minimum absolute atomic E-state index is 0.189. The predicted octanol–water partition coefficient (Wildman–Crippen LogP) is 0.521. The van der Waals surface area contributed by atoms with Crippen molar-refractivity contribution in [1.82, 2.24) is 0 Å². The zero-order chi connectivity index (χ0) is 14.7. The van der Waals surface area contributed by atoms with Crippen LogP contribution in [0, 0.1) is 29.1 Å². The number of fused-ring (bicyclic) bond motifs is 3. The quantitative estimate of drug-likeness (QED) is 0.541. The molecule has 1 saturated heterocycles. The van der Waals surface area contributed by atoms with E-state index in [4.69, 9.17) is 4.74 Å². The highest BCUT2D eigenvalue weighted by Gasteiger charge is 2.63. The Morgan fingerprint density at radius 1 is 1.35 bits per heavy atom. The summed E-state index contributed by atoms with van der Waals surface area (Å²) in [5.41, 5.74) is -0.561. The molecule has 8 unspecified atom stereocenters. The normalized spacial score (nSPS) is 54.8. The molecule has 112 valence electrons. The Bertz CT molecular complexity index is 436. The van der Waals surface area contributed by atoms with Crippen LogP contribution in [0.2, 0.25) is 0 Å². The van der Waals surface area contributed by atoms with Gasteiger partial charge in [-0.1, -0.05) is 13.8 Å². The fourth-order valence-corrected chi connectivity index (χ4v) is 4.83. The summed E-state index contributed by atoms with van der Waals surface area (Å²) < 4.78 is 5.49. The number of carbonyl (C=O) groups excluding carboxylic acids is 2. The lowest BCUT2D eigenvalue weighted by Gasteiger charge is -2.55.